The molecule has 1 saturated heterocycles. The second-order valence-electron chi connectivity index (χ2n) is 6.23. The highest BCUT2D eigenvalue weighted by molar-refractivity contribution is 5.75. The summed E-state index contributed by atoms with van der Waals surface area (Å²) in [7, 11) is 0. The molecule has 0 spiro atoms. The topological polar surface area (TPSA) is 49.3 Å². The molecular formula is C13H25NO2. The zero-order valence-electron chi connectivity index (χ0n) is 11.0. The van der Waals surface area contributed by atoms with Crippen molar-refractivity contribution in [1.29, 1.82) is 0 Å². The molecule has 1 fully saturated rings. The molecule has 94 valence electrons. The van der Waals surface area contributed by atoms with E-state index in [9.17, 15) is 9.90 Å². The van der Waals surface area contributed by atoms with Gasteiger partial charge in [0.05, 0.1) is 5.41 Å². The second-order valence-corrected chi connectivity index (χ2v) is 6.23. The summed E-state index contributed by atoms with van der Waals surface area (Å²) in [5.41, 5.74) is -0.354. The lowest BCUT2D eigenvalue weighted by atomic mass is 9.66. The summed E-state index contributed by atoms with van der Waals surface area (Å²) >= 11 is 0. The van der Waals surface area contributed by atoms with E-state index in [1.165, 1.54) is 0 Å². The van der Waals surface area contributed by atoms with E-state index in [-0.39, 0.29) is 5.41 Å². The van der Waals surface area contributed by atoms with Gasteiger partial charge in [-0.25, -0.2) is 0 Å². The smallest absolute Gasteiger partial charge is 0.310 e. The highest BCUT2D eigenvalue weighted by Gasteiger charge is 2.44. The number of carboxylic acids is 1. The largest absolute Gasteiger partial charge is 0.481 e. The summed E-state index contributed by atoms with van der Waals surface area (Å²) in [5, 5.41) is 12.8. The van der Waals surface area contributed by atoms with Crippen molar-refractivity contribution in [3.63, 3.8) is 0 Å². The van der Waals surface area contributed by atoms with Crippen LogP contribution in [0.2, 0.25) is 0 Å². The van der Waals surface area contributed by atoms with Gasteiger partial charge < -0.3 is 10.4 Å². The SMILES string of the molecule is CCCC1(C(=O)O)CNCC(C(C)(C)C)C1. The Kier molecular flexibility index (Phi) is 4.00. The third-order valence-corrected chi connectivity index (χ3v) is 3.90. The quantitative estimate of drug-likeness (QED) is 0.779. The minimum absolute atomic E-state index is 0.182. The summed E-state index contributed by atoms with van der Waals surface area (Å²) < 4.78 is 0. The van der Waals surface area contributed by atoms with Crippen LogP contribution in [0.3, 0.4) is 0 Å². The normalized spacial score (nSPS) is 31.4. The lowest BCUT2D eigenvalue weighted by molar-refractivity contribution is -0.152. The van der Waals surface area contributed by atoms with Crippen LogP contribution in [0.4, 0.5) is 0 Å². The summed E-state index contributed by atoms with van der Waals surface area (Å²) in [4.78, 5) is 11.5. The molecule has 2 N–H and O–H groups in total. The molecule has 2 atom stereocenters. The van der Waals surface area contributed by atoms with Gasteiger partial charge in [0.1, 0.15) is 0 Å². The molecule has 0 aromatic carbocycles. The minimum atomic E-state index is -0.629. The van der Waals surface area contributed by atoms with E-state index in [1.807, 2.05) is 0 Å². The molecule has 3 nitrogen and oxygen atoms in total. The average molecular weight is 227 g/mol. The van der Waals surface area contributed by atoms with E-state index in [2.05, 4.69) is 33.0 Å². The molecule has 0 aliphatic carbocycles. The minimum Gasteiger partial charge on any atom is -0.481 e. The van der Waals surface area contributed by atoms with Crippen LogP contribution < -0.4 is 5.32 Å². The fraction of sp³-hybridized carbons (Fsp3) is 0.923. The van der Waals surface area contributed by atoms with Crippen LogP contribution in [0, 0.1) is 16.7 Å². The van der Waals surface area contributed by atoms with E-state index >= 15 is 0 Å². The standard InChI is InChI=1S/C13H25NO2/c1-5-6-13(11(15)16)7-10(8-14-9-13)12(2,3)4/h10,14H,5-9H2,1-4H3,(H,15,16). The first kappa shape index (κ1) is 13.5. The average Bonchev–Trinajstić information content (AvgIpc) is 2.17. The summed E-state index contributed by atoms with van der Waals surface area (Å²) in [5.74, 6) is -0.181. The van der Waals surface area contributed by atoms with Crippen LogP contribution in [-0.2, 0) is 4.79 Å². The molecule has 1 aliphatic rings. The molecular weight excluding hydrogens is 202 g/mol. The highest BCUT2D eigenvalue weighted by Crippen LogP contribution is 2.41. The Morgan fingerprint density at radius 1 is 1.50 bits per heavy atom. The van der Waals surface area contributed by atoms with Crippen LogP contribution in [0.5, 0.6) is 0 Å². The van der Waals surface area contributed by atoms with Gasteiger partial charge in [-0.05, 0) is 30.7 Å². The van der Waals surface area contributed by atoms with Gasteiger partial charge in [0.25, 0.3) is 0 Å². The number of aliphatic carboxylic acids is 1. The van der Waals surface area contributed by atoms with Crippen molar-refractivity contribution < 1.29 is 9.90 Å². The maximum absolute atomic E-state index is 11.5. The molecule has 1 heterocycles. The molecule has 0 saturated carbocycles. The Hall–Kier alpha value is -0.570. The summed E-state index contributed by atoms with van der Waals surface area (Å²) in [6.07, 6.45) is 2.53. The van der Waals surface area contributed by atoms with E-state index in [0.717, 1.165) is 25.8 Å². The molecule has 0 bridgehead atoms. The molecule has 0 aromatic heterocycles. The van der Waals surface area contributed by atoms with Gasteiger partial charge in [0, 0.05) is 6.54 Å². The second kappa shape index (κ2) is 4.74. The van der Waals surface area contributed by atoms with Crippen LogP contribution in [-0.4, -0.2) is 24.2 Å². The van der Waals surface area contributed by atoms with Crippen molar-refractivity contribution in [2.45, 2.75) is 47.0 Å². The van der Waals surface area contributed by atoms with Crippen LogP contribution in [0.1, 0.15) is 47.0 Å². The lowest BCUT2D eigenvalue weighted by Crippen LogP contribution is -2.51. The Bertz CT molecular complexity index is 253. The van der Waals surface area contributed by atoms with Crippen molar-refractivity contribution in [3.8, 4) is 0 Å². The Morgan fingerprint density at radius 3 is 2.56 bits per heavy atom. The molecule has 3 heteroatoms. The molecule has 0 amide bonds. The van der Waals surface area contributed by atoms with Gasteiger partial charge in [0.15, 0.2) is 0 Å². The van der Waals surface area contributed by atoms with E-state index in [1.54, 1.807) is 0 Å². The lowest BCUT2D eigenvalue weighted by Gasteiger charge is -2.43. The number of carboxylic acid groups (broad SMARTS) is 1. The van der Waals surface area contributed by atoms with Gasteiger partial charge >= 0.3 is 5.97 Å². The van der Waals surface area contributed by atoms with Gasteiger partial charge in [-0.3, -0.25) is 4.79 Å². The van der Waals surface area contributed by atoms with Crippen molar-refractivity contribution in [2.24, 2.45) is 16.7 Å². The van der Waals surface area contributed by atoms with Crippen LogP contribution >= 0.6 is 0 Å². The first-order chi connectivity index (χ1) is 7.32. The predicted molar refractivity (Wildman–Crippen MR) is 65.4 cm³/mol. The molecule has 0 radical (unpaired) electrons. The van der Waals surface area contributed by atoms with Crippen LogP contribution in [0.25, 0.3) is 0 Å². The number of carbonyl (C=O) groups is 1. The van der Waals surface area contributed by atoms with Crippen molar-refractivity contribution in [1.82, 2.24) is 5.32 Å². The molecule has 1 rings (SSSR count). The van der Waals surface area contributed by atoms with Gasteiger partial charge in [0.2, 0.25) is 0 Å². The number of hydrogen-bond donors (Lipinski definition) is 2. The number of piperidine rings is 1. The van der Waals surface area contributed by atoms with E-state index in [4.69, 9.17) is 0 Å². The summed E-state index contributed by atoms with van der Waals surface area (Å²) in [6, 6.07) is 0. The van der Waals surface area contributed by atoms with Gasteiger partial charge in [-0.15, -0.1) is 0 Å². The first-order valence-electron chi connectivity index (χ1n) is 6.26. The molecule has 1 aliphatic heterocycles. The van der Waals surface area contributed by atoms with Crippen molar-refractivity contribution in [3.05, 3.63) is 0 Å². The highest BCUT2D eigenvalue weighted by atomic mass is 16.4. The first-order valence-corrected chi connectivity index (χ1v) is 6.26. The predicted octanol–water partition coefficient (Wildman–Crippen LogP) is 2.51. The maximum atomic E-state index is 11.5. The Labute approximate surface area is 98.6 Å². The fourth-order valence-electron chi connectivity index (χ4n) is 2.65. The van der Waals surface area contributed by atoms with Gasteiger partial charge in [-0.1, -0.05) is 34.1 Å². The van der Waals surface area contributed by atoms with Gasteiger partial charge in [-0.2, -0.15) is 0 Å². The van der Waals surface area contributed by atoms with E-state index in [0.29, 0.717) is 12.5 Å². The molecule has 2 unspecified atom stereocenters. The number of rotatable bonds is 3. The maximum Gasteiger partial charge on any atom is 0.310 e. The molecule has 0 aromatic rings. The number of nitrogens with one attached hydrogen (secondary N) is 1. The van der Waals surface area contributed by atoms with E-state index < -0.39 is 11.4 Å². The molecule has 16 heavy (non-hydrogen) atoms. The number of hydrogen-bond acceptors (Lipinski definition) is 2. The van der Waals surface area contributed by atoms with Crippen molar-refractivity contribution in [2.75, 3.05) is 13.1 Å². The zero-order chi connectivity index (χ0) is 12.4. The monoisotopic (exact) mass is 227 g/mol. The fourth-order valence-corrected chi connectivity index (χ4v) is 2.65. The van der Waals surface area contributed by atoms with Crippen molar-refractivity contribution >= 4 is 5.97 Å². The summed E-state index contributed by atoms with van der Waals surface area (Å²) in [6.45, 7) is 10.2. The third kappa shape index (κ3) is 2.76. The Morgan fingerprint density at radius 2 is 2.12 bits per heavy atom. The third-order valence-electron chi connectivity index (χ3n) is 3.90. The van der Waals surface area contributed by atoms with Crippen LogP contribution in [0.15, 0.2) is 0 Å². The zero-order valence-corrected chi connectivity index (χ0v) is 11.0. The Balaban J connectivity index is 2.83.